The van der Waals surface area contributed by atoms with Crippen LogP contribution in [-0.4, -0.2) is 82.7 Å². The normalized spacial score (nSPS) is 34.9. The van der Waals surface area contributed by atoms with E-state index in [4.69, 9.17) is 9.47 Å². The van der Waals surface area contributed by atoms with Crippen molar-refractivity contribution in [3.8, 4) is 0 Å². The molecule has 0 bridgehead atoms. The number of carbonyl (C=O) groups is 3. The number of hydrogen-bond acceptors (Lipinski definition) is 8. The van der Waals surface area contributed by atoms with E-state index in [0.717, 1.165) is 17.6 Å². The van der Waals surface area contributed by atoms with Crippen molar-refractivity contribution in [2.45, 2.75) is 64.2 Å². The van der Waals surface area contributed by atoms with Crippen molar-refractivity contribution in [1.29, 1.82) is 0 Å². The van der Waals surface area contributed by atoms with Crippen molar-refractivity contribution in [1.82, 2.24) is 4.90 Å². The number of carboxylic acids is 1. The number of allylic oxidation sites excluding steroid dienone is 1. The van der Waals surface area contributed by atoms with E-state index in [9.17, 15) is 29.7 Å². The molecule has 0 aromatic rings. The predicted molar refractivity (Wildman–Crippen MR) is 118 cm³/mol. The summed E-state index contributed by atoms with van der Waals surface area (Å²) in [5.41, 5.74) is 1.73. The number of fused-ring (bicyclic) bond motifs is 1. The van der Waals surface area contributed by atoms with Crippen LogP contribution in [0.15, 0.2) is 23.3 Å². The van der Waals surface area contributed by atoms with Crippen molar-refractivity contribution in [3.63, 3.8) is 0 Å². The molecule has 1 aliphatic carbocycles. The Kier molecular flexibility index (Phi) is 8.67. The van der Waals surface area contributed by atoms with Crippen LogP contribution in [0.2, 0.25) is 0 Å². The lowest BCUT2D eigenvalue weighted by atomic mass is 9.81. The molecule has 3 unspecified atom stereocenters. The van der Waals surface area contributed by atoms with E-state index in [2.05, 4.69) is 0 Å². The third kappa shape index (κ3) is 6.02. The largest absolute Gasteiger partial charge is 0.480 e. The molecule has 0 spiro atoms. The Labute approximate surface area is 194 Å². The van der Waals surface area contributed by atoms with E-state index in [0.29, 0.717) is 32.2 Å². The minimum absolute atomic E-state index is 0.169. The fourth-order valence-corrected chi connectivity index (χ4v) is 5.02. The van der Waals surface area contributed by atoms with Gasteiger partial charge in [-0.2, -0.15) is 0 Å². The molecule has 0 radical (unpaired) electrons. The molecule has 2 aliphatic heterocycles. The number of ether oxygens (including phenoxy) is 2. The van der Waals surface area contributed by atoms with Gasteiger partial charge in [0.1, 0.15) is 18.2 Å². The number of carbonyl (C=O) groups excluding carboxylic acids is 2. The summed E-state index contributed by atoms with van der Waals surface area (Å²) in [6.07, 6.45) is 5.40. The van der Waals surface area contributed by atoms with Crippen LogP contribution in [0.25, 0.3) is 0 Å². The summed E-state index contributed by atoms with van der Waals surface area (Å²) in [7, 11) is 0. The van der Waals surface area contributed by atoms with Crippen LogP contribution in [0.1, 0.15) is 46.0 Å². The smallest absolute Gasteiger partial charge is 0.320 e. The van der Waals surface area contributed by atoms with Crippen molar-refractivity contribution in [3.05, 3.63) is 23.3 Å². The van der Waals surface area contributed by atoms with Gasteiger partial charge in [-0.1, -0.05) is 11.6 Å². The van der Waals surface area contributed by atoms with Crippen LogP contribution in [0.5, 0.6) is 0 Å². The van der Waals surface area contributed by atoms with Crippen LogP contribution in [0.4, 0.5) is 0 Å². The molecule has 3 aliphatic rings. The number of hydrogen-bond donors (Lipinski definition) is 3. The lowest BCUT2D eigenvalue weighted by Crippen LogP contribution is -2.45. The zero-order valence-electron chi connectivity index (χ0n) is 19.3. The fraction of sp³-hybridized carbons (Fsp3) is 0.708. The monoisotopic (exact) mass is 465 g/mol. The molecule has 33 heavy (non-hydrogen) atoms. The second-order valence-electron chi connectivity index (χ2n) is 9.41. The summed E-state index contributed by atoms with van der Waals surface area (Å²) in [6, 6.07) is -0.656. The molecule has 184 valence electrons. The zero-order chi connectivity index (χ0) is 24.1. The number of aliphatic carboxylic acids is 1. The maximum Gasteiger partial charge on any atom is 0.320 e. The minimum Gasteiger partial charge on any atom is -0.480 e. The predicted octanol–water partition coefficient (Wildman–Crippen LogP) is 1.28. The van der Waals surface area contributed by atoms with Gasteiger partial charge < -0.3 is 24.8 Å². The highest BCUT2D eigenvalue weighted by atomic mass is 16.6. The highest BCUT2D eigenvalue weighted by Gasteiger charge is 2.51. The number of aliphatic hydroxyl groups is 2. The third-order valence-corrected chi connectivity index (χ3v) is 6.94. The minimum atomic E-state index is -0.914. The summed E-state index contributed by atoms with van der Waals surface area (Å²) in [5.74, 6) is -3.85. The fourth-order valence-electron chi connectivity index (χ4n) is 5.02. The average Bonchev–Trinajstić information content (AvgIpc) is 3.36. The van der Waals surface area contributed by atoms with Crippen LogP contribution in [-0.2, 0) is 23.9 Å². The standard InChI is InChI=1S/C24H35NO8/c1-14-5-3-6-16(13-27)10-20-21(19(9-14)32-23(30)15(2)12-26)17(24(31)33-20)11-25-8-4-7-18(25)22(28)29/h5,10,15,17-21,26-27H,3-4,6-9,11-13H2,1-2H3,(H,28,29)/b14-5+,16-10+/t15?,17?,18?,19-,20+,21+/m0/s1. The molecule has 0 aromatic heterocycles. The number of carboxylic acid groups (broad SMARTS) is 1. The molecule has 0 aromatic carbocycles. The maximum absolute atomic E-state index is 13.0. The van der Waals surface area contributed by atoms with Crippen LogP contribution < -0.4 is 0 Å². The van der Waals surface area contributed by atoms with Crippen molar-refractivity contribution < 1.29 is 39.2 Å². The van der Waals surface area contributed by atoms with Gasteiger partial charge in [0, 0.05) is 13.0 Å². The molecule has 9 heteroatoms. The van der Waals surface area contributed by atoms with Gasteiger partial charge >= 0.3 is 17.9 Å². The summed E-state index contributed by atoms with van der Waals surface area (Å²) < 4.78 is 11.6. The van der Waals surface area contributed by atoms with Crippen molar-refractivity contribution in [2.75, 3.05) is 26.3 Å². The first kappa shape index (κ1) is 25.4. The third-order valence-electron chi connectivity index (χ3n) is 6.94. The zero-order valence-corrected chi connectivity index (χ0v) is 19.3. The topological polar surface area (TPSA) is 134 Å². The van der Waals surface area contributed by atoms with Crippen LogP contribution >= 0.6 is 0 Å². The molecule has 0 amide bonds. The molecule has 9 nitrogen and oxygen atoms in total. The number of likely N-dealkylation sites (tertiary alicyclic amines) is 1. The second kappa shape index (κ2) is 11.3. The molecule has 0 saturated carbocycles. The van der Waals surface area contributed by atoms with Gasteiger partial charge in [0.2, 0.25) is 0 Å². The molecule has 2 fully saturated rings. The molecule has 3 N–H and O–H groups in total. The first-order valence-electron chi connectivity index (χ1n) is 11.7. The Balaban J connectivity index is 1.96. The van der Waals surface area contributed by atoms with E-state index in [1.54, 1.807) is 17.9 Å². The number of nitrogens with zero attached hydrogens (tertiary/aromatic N) is 1. The van der Waals surface area contributed by atoms with E-state index in [1.165, 1.54) is 0 Å². The quantitative estimate of drug-likeness (QED) is 0.375. The Hall–Kier alpha value is -2.23. The highest BCUT2D eigenvalue weighted by Crippen LogP contribution is 2.39. The van der Waals surface area contributed by atoms with Gasteiger partial charge in [-0.05, 0) is 57.7 Å². The second-order valence-corrected chi connectivity index (χ2v) is 9.41. The van der Waals surface area contributed by atoms with E-state index in [1.807, 2.05) is 13.0 Å². The molecule has 2 saturated heterocycles. The molecular weight excluding hydrogens is 430 g/mol. The molecular formula is C24H35NO8. The maximum atomic E-state index is 13.0. The Bertz CT molecular complexity index is 806. The summed E-state index contributed by atoms with van der Waals surface area (Å²) in [5, 5.41) is 28.8. The number of aliphatic hydroxyl groups excluding tert-OH is 2. The number of rotatable bonds is 7. The van der Waals surface area contributed by atoms with Gasteiger partial charge in [0.15, 0.2) is 0 Å². The van der Waals surface area contributed by atoms with E-state index in [-0.39, 0.29) is 19.8 Å². The van der Waals surface area contributed by atoms with Gasteiger partial charge in [-0.15, -0.1) is 0 Å². The van der Waals surface area contributed by atoms with Crippen LogP contribution in [0, 0.1) is 17.8 Å². The van der Waals surface area contributed by atoms with Gasteiger partial charge in [0.05, 0.1) is 31.0 Å². The van der Waals surface area contributed by atoms with E-state index < -0.39 is 53.9 Å². The molecule has 6 atom stereocenters. The van der Waals surface area contributed by atoms with E-state index >= 15 is 0 Å². The molecule has 2 heterocycles. The van der Waals surface area contributed by atoms with Crippen molar-refractivity contribution in [2.24, 2.45) is 17.8 Å². The van der Waals surface area contributed by atoms with Gasteiger partial charge in [-0.25, -0.2) is 0 Å². The van der Waals surface area contributed by atoms with Crippen molar-refractivity contribution >= 4 is 17.9 Å². The lowest BCUT2D eigenvalue weighted by Gasteiger charge is -2.32. The summed E-state index contributed by atoms with van der Waals surface area (Å²) in [6.45, 7) is 3.75. The Morgan fingerprint density at radius 2 is 2.09 bits per heavy atom. The Morgan fingerprint density at radius 1 is 1.33 bits per heavy atom. The first-order chi connectivity index (χ1) is 15.7. The molecule has 3 rings (SSSR count). The Morgan fingerprint density at radius 3 is 2.76 bits per heavy atom. The SMILES string of the molecule is C/C1=C\CC/C(CO)=C\[C@H]2OC(=O)C(CN3CCCC3C(=O)O)[C@@H]2[C@@H](OC(=O)C(C)CO)C1. The number of esters is 2. The van der Waals surface area contributed by atoms with Crippen LogP contribution in [0.3, 0.4) is 0 Å². The summed E-state index contributed by atoms with van der Waals surface area (Å²) >= 11 is 0. The van der Waals surface area contributed by atoms with Gasteiger partial charge in [0.25, 0.3) is 0 Å². The summed E-state index contributed by atoms with van der Waals surface area (Å²) in [4.78, 5) is 39.1. The average molecular weight is 466 g/mol. The van der Waals surface area contributed by atoms with Gasteiger partial charge in [-0.3, -0.25) is 19.3 Å². The highest BCUT2D eigenvalue weighted by molar-refractivity contribution is 5.77. The lowest BCUT2D eigenvalue weighted by molar-refractivity contribution is -0.159. The first-order valence-corrected chi connectivity index (χ1v) is 11.7.